The summed E-state index contributed by atoms with van der Waals surface area (Å²) in [6.45, 7) is 2.01. The lowest BCUT2D eigenvalue weighted by Crippen LogP contribution is -2.56. The summed E-state index contributed by atoms with van der Waals surface area (Å²) in [5.41, 5.74) is 0. The number of rotatable bonds is 4. The molecule has 0 bridgehead atoms. The molecule has 4 atom stereocenters. The van der Waals surface area contributed by atoms with Crippen molar-refractivity contribution in [2.75, 3.05) is 6.61 Å². The zero-order valence-corrected chi connectivity index (χ0v) is 11.3. The summed E-state index contributed by atoms with van der Waals surface area (Å²) in [4.78, 5) is 12.1. The molecule has 0 aromatic rings. The van der Waals surface area contributed by atoms with E-state index in [1.165, 1.54) is 32.1 Å². The van der Waals surface area contributed by atoms with Gasteiger partial charge in [0, 0.05) is 6.04 Å². The quantitative estimate of drug-likeness (QED) is 0.706. The molecule has 0 aromatic carbocycles. The third-order valence-corrected chi connectivity index (χ3v) is 4.53. The number of nitrogens with one attached hydrogen (secondary N) is 2. The second kappa shape index (κ2) is 6.53. The van der Waals surface area contributed by atoms with E-state index >= 15 is 0 Å². The number of piperidine rings is 1. The second-order valence-corrected chi connectivity index (χ2v) is 5.74. The van der Waals surface area contributed by atoms with Gasteiger partial charge in [0.15, 0.2) is 0 Å². The van der Waals surface area contributed by atoms with Gasteiger partial charge in [-0.15, -0.1) is 0 Å². The number of hydrogen-bond donors (Lipinski definition) is 3. The molecule has 1 amide bonds. The molecular weight excluding hydrogens is 228 g/mol. The van der Waals surface area contributed by atoms with Crippen LogP contribution in [0.3, 0.4) is 0 Å². The molecule has 3 N–H and O–H groups in total. The summed E-state index contributed by atoms with van der Waals surface area (Å²) >= 11 is 0. The third kappa shape index (κ3) is 3.23. The van der Waals surface area contributed by atoms with Gasteiger partial charge in [0.05, 0.1) is 18.7 Å². The SMILES string of the molecule is CC[C@@H](CO)NC(=O)C1CCC2CCCCC2N1. The van der Waals surface area contributed by atoms with Gasteiger partial charge in [-0.3, -0.25) is 4.79 Å². The van der Waals surface area contributed by atoms with Gasteiger partial charge in [-0.05, 0) is 38.0 Å². The molecule has 4 heteroatoms. The normalized spacial score (nSPS) is 33.6. The molecule has 4 nitrogen and oxygen atoms in total. The Morgan fingerprint density at radius 2 is 2.11 bits per heavy atom. The Kier molecular flexibility index (Phi) is 5.01. The minimum atomic E-state index is -0.0941. The Morgan fingerprint density at radius 3 is 2.83 bits per heavy atom. The molecule has 2 aliphatic rings. The first-order valence-corrected chi connectivity index (χ1v) is 7.41. The molecule has 0 aromatic heterocycles. The Hall–Kier alpha value is -0.610. The maximum absolute atomic E-state index is 12.1. The van der Waals surface area contributed by atoms with E-state index in [4.69, 9.17) is 5.11 Å². The Bertz CT molecular complexity index is 279. The summed E-state index contributed by atoms with van der Waals surface area (Å²) in [6.07, 6.45) is 8.06. The molecule has 1 heterocycles. The average molecular weight is 254 g/mol. The number of hydrogen-bond acceptors (Lipinski definition) is 3. The van der Waals surface area contributed by atoms with Crippen LogP contribution in [-0.2, 0) is 4.79 Å². The van der Waals surface area contributed by atoms with Crippen LogP contribution in [0.15, 0.2) is 0 Å². The van der Waals surface area contributed by atoms with Gasteiger partial charge >= 0.3 is 0 Å². The summed E-state index contributed by atoms with van der Waals surface area (Å²) in [5, 5.41) is 15.6. The first-order chi connectivity index (χ1) is 8.74. The van der Waals surface area contributed by atoms with Crippen LogP contribution in [-0.4, -0.2) is 35.7 Å². The largest absolute Gasteiger partial charge is 0.394 e. The number of fused-ring (bicyclic) bond motifs is 1. The highest BCUT2D eigenvalue weighted by Crippen LogP contribution is 2.32. The topological polar surface area (TPSA) is 61.4 Å². The van der Waals surface area contributed by atoms with Crippen molar-refractivity contribution in [2.24, 2.45) is 5.92 Å². The number of amides is 1. The van der Waals surface area contributed by atoms with E-state index in [1.54, 1.807) is 0 Å². The van der Waals surface area contributed by atoms with E-state index in [-0.39, 0.29) is 24.6 Å². The van der Waals surface area contributed by atoms with Crippen LogP contribution in [0.4, 0.5) is 0 Å². The molecule has 2 rings (SSSR count). The molecule has 18 heavy (non-hydrogen) atoms. The van der Waals surface area contributed by atoms with E-state index in [9.17, 15) is 4.79 Å². The van der Waals surface area contributed by atoms with Crippen molar-refractivity contribution in [1.29, 1.82) is 0 Å². The predicted octanol–water partition coefficient (Wildman–Crippen LogP) is 1.18. The van der Waals surface area contributed by atoms with E-state index in [2.05, 4.69) is 10.6 Å². The fourth-order valence-corrected chi connectivity index (χ4v) is 3.28. The maximum Gasteiger partial charge on any atom is 0.237 e. The van der Waals surface area contributed by atoms with Crippen LogP contribution in [0.2, 0.25) is 0 Å². The van der Waals surface area contributed by atoms with Crippen molar-refractivity contribution in [2.45, 2.75) is 70.0 Å². The lowest BCUT2D eigenvalue weighted by Gasteiger charge is -2.40. The smallest absolute Gasteiger partial charge is 0.237 e. The maximum atomic E-state index is 12.1. The van der Waals surface area contributed by atoms with Crippen LogP contribution in [0.5, 0.6) is 0 Å². The first kappa shape index (κ1) is 13.8. The zero-order valence-electron chi connectivity index (χ0n) is 11.3. The van der Waals surface area contributed by atoms with Crippen LogP contribution in [0, 0.1) is 5.92 Å². The Labute approximate surface area is 110 Å². The zero-order chi connectivity index (χ0) is 13.0. The number of aliphatic hydroxyl groups is 1. The van der Waals surface area contributed by atoms with Crippen molar-refractivity contribution in [3.05, 3.63) is 0 Å². The fraction of sp³-hybridized carbons (Fsp3) is 0.929. The molecule has 1 aliphatic carbocycles. The second-order valence-electron chi connectivity index (χ2n) is 5.74. The molecule has 104 valence electrons. The monoisotopic (exact) mass is 254 g/mol. The molecule has 1 saturated carbocycles. The van der Waals surface area contributed by atoms with E-state index in [0.717, 1.165) is 18.8 Å². The third-order valence-electron chi connectivity index (χ3n) is 4.53. The Morgan fingerprint density at radius 1 is 1.33 bits per heavy atom. The summed E-state index contributed by atoms with van der Waals surface area (Å²) in [6, 6.07) is 0.394. The summed E-state index contributed by atoms with van der Waals surface area (Å²) < 4.78 is 0. The van der Waals surface area contributed by atoms with Gasteiger partial charge in [0.2, 0.25) is 5.91 Å². The van der Waals surface area contributed by atoms with E-state index in [1.807, 2.05) is 6.92 Å². The van der Waals surface area contributed by atoms with Gasteiger partial charge in [0.1, 0.15) is 0 Å². The van der Waals surface area contributed by atoms with E-state index in [0.29, 0.717) is 6.04 Å². The lowest BCUT2D eigenvalue weighted by atomic mass is 9.77. The highest BCUT2D eigenvalue weighted by Gasteiger charge is 2.34. The minimum Gasteiger partial charge on any atom is -0.394 e. The molecule has 2 fully saturated rings. The van der Waals surface area contributed by atoms with Crippen molar-refractivity contribution in [3.8, 4) is 0 Å². The molecule has 3 unspecified atom stereocenters. The summed E-state index contributed by atoms with van der Waals surface area (Å²) in [7, 11) is 0. The number of carbonyl (C=O) groups is 1. The highest BCUT2D eigenvalue weighted by molar-refractivity contribution is 5.82. The van der Waals surface area contributed by atoms with Crippen molar-refractivity contribution < 1.29 is 9.90 Å². The van der Waals surface area contributed by atoms with Gasteiger partial charge in [-0.2, -0.15) is 0 Å². The number of carbonyl (C=O) groups excluding carboxylic acids is 1. The average Bonchev–Trinajstić information content (AvgIpc) is 2.44. The van der Waals surface area contributed by atoms with Gasteiger partial charge < -0.3 is 15.7 Å². The lowest BCUT2D eigenvalue weighted by molar-refractivity contribution is -0.125. The molecule has 0 spiro atoms. The Balaban J connectivity index is 1.84. The summed E-state index contributed by atoms with van der Waals surface area (Å²) in [5.74, 6) is 0.850. The fourth-order valence-electron chi connectivity index (χ4n) is 3.28. The van der Waals surface area contributed by atoms with Crippen LogP contribution < -0.4 is 10.6 Å². The molecule has 1 aliphatic heterocycles. The number of aliphatic hydroxyl groups excluding tert-OH is 1. The predicted molar refractivity (Wildman–Crippen MR) is 71.2 cm³/mol. The van der Waals surface area contributed by atoms with Crippen LogP contribution in [0.25, 0.3) is 0 Å². The van der Waals surface area contributed by atoms with E-state index < -0.39 is 0 Å². The molecule has 0 radical (unpaired) electrons. The van der Waals surface area contributed by atoms with Gasteiger partial charge in [-0.1, -0.05) is 19.8 Å². The van der Waals surface area contributed by atoms with Crippen molar-refractivity contribution >= 4 is 5.91 Å². The minimum absolute atomic E-state index is 0.0288. The van der Waals surface area contributed by atoms with Crippen molar-refractivity contribution in [1.82, 2.24) is 10.6 Å². The van der Waals surface area contributed by atoms with Crippen molar-refractivity contribution in [3.63, 3.8) is 0 Å². The van der Waals surface area contributed by atoms with Gasteiger partial charge in [0.25, 0.3) is 0 Å². The first-order valence-electron chi connectivity index (χ1n) is 7.41. The molecular formula is C14H26N2O2. The van der Waals surface area contributed by atoms with Crippen LogP contribution >= 0.6 is 0 Å². The standard InChI is InChI=1S/C14H26N2O2/c1-2-11(9-17)15-14(18)13-8-7-10-5-3-4-6-12(10)16-13/h10-13,16-17H,2-9H2,1H3,(H,15,18)/t10?,11-,12?,13?/m0/s1. The molecule has 1 saturated heterocycles. The highest BCUT2D eigenvalue weighted by atomic mass is 16.3. The van der Waals surface area contributed by atoms with Gasteiger partial charge in [-0.25, -0.2) is 0 Å². The van der Waals surface area contributed by atoms with Crippen LogP contribution in [0.1, 0.15) is 51.9 Å².